The Balaban J connectivity index is 2.68. The minimum atomic E-state index is -1.09. The summed E-state index contributed by atoms with van der Waals surface area (Å²) in [5.41, 5.74) is 5.07. The quantitative estimate of drug-likeness (QED) is 0.823. The number of nitrogens with two attached hydrogens (primary N) is 1. The molecule has 3 N–H and O–H groups in total. The summed E-state index contributed by atoms with van der Waals surface area (Å²) in [6, 6.07) is 2.41. The Morgan fingerprint density at radius 1 is 1.35 bits per heavy atom. The zero-order valence-corrected chi connectivity index (χ0v) is 8.79. The molecule has 0 spiro atoms. The van der Waals surface area contributed by atoms with Crippen LogP contribution < -0.4 is 5.73 Å². The van der Waals surface area contributed by atoms with Gasteiger partial charge in [-0.1, -0.05) is 0 Å². The van der Waals surface area contributed by atoms with Crippen molar-refractivity contribution in [3.8, 4) is 11.3 Å². The second-order valence-corrected chi connectivity index (χ2v) is 3.49. The second kappa shape index (κ2) is 3.93. The normalized spacial score (nSPS) is 10.5. The van der Waals surface area contributed by atoms with Gasteiger partial charge in [0.25, 0.3) is 5.91 Å². The molecule has 17 heavy (non-hydrogen) atoms. The Hall–Kier alpha value is -2.31. The van der Waals surface area contributed by atoms with E-state index >= 15 is 0 Å². The first-order valence-corrected chi connectivity index (χ1v) is 4.67. The molecule has 0 aliphatic carbocycles. The van der Waals surface area contributed by atoms with Gasteiger partial charge in [-0.05, 0) is 24.6 Å². The van der Waals surface area contributed by atoms with E-state index in [1.165, 1.54) is 6.07 Å². The molecule has 0 aliphatic rings. The van der Waals surface area contributed by atoms with Crippen LogP contribution in [0.15, 0.2) is 12.1 Å². The average Bonchev–Trinajstić information content (AvgIpc) is 2.72. The maximum Gasteiger partial charge on any atom is 0.271 e. The van der Waals surface area contributed by atoms with Gasteiger partial charge in [-0.25, -0.2) is 8.78 Å². The molecule has 0 radical (unpaired) electrons. The van der Waals surface area contributed by atoms with Crippen molar-refractivity contribution in [2.24, 2.45) is 5.73 Å². The number of aromatic amines is 1. The molecule has 5 nitrogen and oxygen atoms in total. The standard InChI is InChI=1S/C10H8F2N4O/c1-4-2-5(7(12)6(11)3-4)8-9(10(13)17)15-16-14-8/h2-3H,1H3,(H2,13,17)(H,14,15,16). The first kappa shape index (κ1) is 11.2. The number of aryl methyl sites for hydroxylation is 1. The third kappa shape index (κ3) is 1.86. The molecule has 7 heteroatoms. The largest absolute Gasteiger partial charge is 0.364 e. The molecule has 0 saturated carbocycles. The first-order chi connectivity index (χ1) is 8.00. The number of carbonyl (C=O) groups excluding carboxylic acids is 1. The summed E-state index contributed by atoms with van der Waals surface area (Å²) in [6.07, 6.45) is 0. The molecule has 88 valence electrons. The lowest BCUT2D eigenvalue weighted by Gasteiger charge is -2.03. The average molecular weight is 238 g/mol. The van der Waals surface area contributed by atoms with Crippen molar-refractivity contribution in [3.63, 3.8) is 0 Å². The van der Waals surface area contributed by atoms with Crippen molar-refractivity contribution in [1.29, 1.82) is 0 Å². The Morgan fingerprint density at radius 3 is 2.71 bits per heavy atom. The lowest BCUT2D eigenvalue weighted by Crippen LogP contribution is -2.13. The van der Waals surface area contributed by atoms with E-state index < -0.39 is 17.5 Å². The summed E-state index contributed by atoms with van der Waals surface area (Å²) >= 11 is 0. The van der Waals surface area contributed by atoms with E-state index in [0.29, 0.717) is 5.56 Å². The molecular formula is C10H8F2N4O. The maximum atomic E-state index is 13.6. The third-order valence-corrected chi connectivity index (χ3v) is 2.21. The van der Waals surface area contributed by atoms with E-state index in [9.17, 15) is 13.6 Å². The van der Waals surface area contributed by atoms with Gasteiger partial charge in [-0.15, -0.1) is 0 Å². The molecule has 1 aromatic heterocycles. The molecule has 2 aromatic rings. The highest BCUT2D eigenvalue weighted by atomic mass is 19.2. The van der Waals surface area contributed by atoms with E-state index in [1.807, 2.05) is 0 Å². The lowest BCUT2D eigenvalue weighted by molar-refractivity contribution is 0.0996. The second-order valence-electron chi connectivity index (χ2n) is 3.49. The fourth-order valence-corrected chi connectivity index (χ4v) is 1.49. The smallest absolute Gasteiger partial charge is 0.271 e. The Labute approximate surface area is 94.6 Å². The van der Waals surface area contributed by atoms with E-state index in [4.69, 9.17) is 5.73 Å². The summed E-state index contributed by atoms with van der Waals surface area (Å²) < 4.78 is 26.8. The summed E-state index contributed by atoms with van der Waals surface area (Å²) in [5.74, 6) is -2.97. The van der Waals surface area contributed by atoms with Crippen molar-refractivity contribution in [1.82, 2.24) is 15.4 Å². The molecule has 0 bridgehead atoms. The van der Waals surface area contributed by atoms with Gasteiger partial charge in [-0.3, -0.25) is 4.79 Å². The van der Waals surface area contributed by atoms with Crippen LogP contribution in [0, 0.1) is 18.6 Å². The van der Waals surface area contributed by atoms with Crippen molar-refractivity contribution < 1.29 is 13.6 Å². The van der Waals surface area contributed by atoms with Crippen LogP contribution in [-0.2, 0) is 0 Å². The summed E-state index contributed by atoms with van der Waals surface area (Å²) in [6.45, 7) is 1.59. The van der Waals surface area contributed by atoms with Crippen molar-refractivity contribution >= 4 is 5.91 Å². The molecule has 1 aromatic carbocycles. The number of H-pyrrole nitrogens is 1. The van der Waals surface area contributed by atoms with Gasteiger partial charge in [0.15, 0.2) is 17.3 Å². The third-order valence-electron chi connectivity index (χ3n) is 2.21. The monoisotopic (exact) mass is 238 g/mol. The van der Waals surface area contributed by atoms with Gasteiger partial charge >= 0.3 is 0 Å². The number of aromatic nitrogens is 3. The molecule has 0 atom stereocenters. The predicted molar refractivity (Wildman–Crippen MR) is 55.0 cm³/mol. The molecule has 1 amide bonds. The molecule has 0 unspecified atom stereocenters. The van der Waals surface area contributed by atoms with Crippen LogP contribution >= 0.6 is 0 Å². The van der Waals surface area contributed by atoms with E-state index in [1.54, 1.807) is 6.92 Å². The molecule has 0 saturated heterocycles. The summed E-state index contributed by atoms with van der Waals surface area (Å²) in [5, 5.41) is 9.25. The Bertz CT molecular complexity index is 594. The van der Waals surface area contributed by atoms with Crippen LogP contribution in [-0.4, -0.2) is 21.3 Å². The number of benzene rings is 1. The van der Waals surface area contributed by atoms with Gasteiger partial charge in [0, 0.05) is 5.56 Å². The number of primary amides is 1. The van der Waals surface area contributed by atoms with Crippen LogP contribution in [0.1, 0.15) is 16.1 Å². The number of halogens is 2. The number of rotatable bonds is 2. The Morgan fingerprint density at radius 2 is 2.06 bits per heavy atom. The molecule has 0 aliphatic heterocycles. The number of amides is 1. The fourth-order valence-electron chi connectivity index (χ4n) is 1.49. The SMILES string of the molecule is Cc1cc(F)c(F)c(-c2n[nH]nc2C(N)=O)c1. The highest BCUT2D eigenvalue weighted by Gasteiger charge is 2.20. The molecule has 1 heterocycles. The van der Waals surface area contributed by atoms with Crippen molar-refractivity contribution in [2.75, 3.05) is 0 Å². The zero-order chi connectivity index (χ0) is 12.6. The lowest BCUT2D eigenvalue weighted by atomic mass is 10.1. The number of nitrogens with zero attached hydrogens (tertiary/aromatic N) is 2. The van der Waals surface area contributed by atoms with Crippen LogP contribution in [0.5, 0.6) is 0 Å². The Kier molecular flexibility index (Phi) is 2.58. The van der Waals surface area contributed by atoms with Gasteiger partial charge in [0.1, 0.15) is 5.69 Å². The van der Waals surface area contributed by atoms with Crippen LogP contribution in [0.25, 0.3) is 11.3 Å². The molecule has 0 fully saturated rings. The van der Waals surface area contributed by atoms with Gasteiger partial charge in [0.05, 0.1) is 0 Å². The van der Waals surface area contributed by atoms with E-state index in [0.717, 1.165) is 6.07 Å². The number of hydrogen-bond acceptors (Lipinski definition) is 3. The topological polar surface area (TPSA) is 84.7 Å². The highest BCUT2D eigenvalue weighted by Crippen LogP contribution is 2.25. The van der Waals surface area contributed by atoms with Crippen LogP contribution in [0.3, 0.4) is 0 Å². The van der Waals surface area contributed by atoms with Crippen molar-refractivity contribution in [2.45, 2.75) is 6.92 Å². The van der Waals surface area contributed by atoms with Crippen LogP contribution in [0.4, 0.5) is 8.78 Å². The van der Waals surface area contributed by atoms with Gasteiger partial charge < -0.3 is 5.73 Å². The minimum Gasteiger partial charge on any atom is -0.364 e. The number of hydrogen-bond donors (Lipinski definition) is 2. The van der Waals surface area contributed by atoms with Gasteiger partial charge in [0.2, 0.25) is 0 Å². The predicted octanol–water partition coefficient (Wildman–Crippen LogP) is 1.16. The maximum absolute atomic E-state index is 13.6. The van der Waals surface area contributed by atoms with Crippen molar-refractivity contribution in [3.05, 3.63) is 35.0 Å². The van der Waals surface area contributed by atoms with Gasteiger partial charge in [-0.2, -0.15) is 15.4 Å². The van der Waals surface area contributed by atoms with E-state index in [-0.39, 0.29) is 17.0 Å². The first-order valence-electron chi connectivity index (χ1n) is 4.67. The minimum absolute atomic E-state index is 0.0994. The van der Waals surface area contributed by atoms with Crippen LogP contribution in [0.2, 0.25) is 0 Å². The van der Waals surface area contributed by atoms with E-state index in [2.05, 4.69) is 15.4 Å². The molecular weight excluding hydrogens is 230 g/mol. The molecule has 2 rings (SSSR count). The summed E-state index contributed by atoms with van der Waals surface area (Å²) in [4.78, 5) is 11.0. The summed E-state index contributed by atoms with van der Waals surface area (Å²) in [7, 11) is 0. The fraction of sp³-hybridized carbons (Fsp3) is 0.100. The highest BCUT2D eigenvalue weighted by molar-refractivity contribution is 5.96. The number of carbonyl (C=O) groups is 1. The zero-order valence-electron chi connectivity index (χ0n) is 8.79. The number of nitrogens with one attached hydrogen (secondary N) is 1.